The molecule has 0 aliphatic rings. The van der Waals surface area contributed by atoms with Crippen LogP contribution in [0.15, 0.2) is 18.2 Å². The molecule has 0 spiro atoms. The highest BCUT2D eigenvalue weighted by Gasteiger charge is 2.13. The minimum atomic E-state index is -1.08. The van der Waals surface area contributed by atoms with E-state index in [2.05, 4.69) is 0 Å². The lowest BCUT2D eigenvalue weighted by Crippen LogP contribution is -2.04. The zero-order valence-corrected chi connectivity index (χ0v) is 7.80. The normalized spacial score (nSPS) is 8.69. The van der Waals surface area contributed by atoms with Crippen LogP contribution in [-0.4, -0.2) is 18.2 Å². The Morgan fingerprint density at radius 1 is 1.54 bits per heavy atom. The largest absolute Gasteiger partial charge is 0.496 e. The van der Waals surface area contributed by atoms with Crippen LogP contribution in [0.2, 0.25) is 0 Å². The van der Waals surface area contributed by atoms with Gasteiger partial charge in [-0.15, -0.1) is 12.4 Å². The van der Waals surface area contributed by atoms with Crippen LogP contribution in [0.25, 0.3) is 0 Å². The lowest BCUT2D eigenvalue weighted by atomic mass is 10.1. The number of hydrogen-bond donors (Lipinski definition) is 2. The van der Waals surface area contributed by atoms with Gasteiger partial charge in [0.1, 0.15) is 11.3 Å². The molecule has 4 nitrogen and oxygen atoms in total. The van der Waals surface area contributed by atoms with E-state index >= 15 is 0 Å². The predicted molar refractivity (Wildman–Crippen MR) is 51.6 cm³/mol. The highest BCUT2D eigenvalue weighted by molar-refractivity contribution is 5.96. The van der Waals surface area contributed by atoms with Gasteiger partial charge in [0.2, 0.25) is 0 Å². The number of carboxylic acids is 1. The van der Waals surface area contributed by atoms with Gasteiger partial charge in [-0.3, -0.25) is 0 Å². The van der Waals surface area contributed by atoms with Crippen LogP contribution in [-0.2, 0) is 0 Å². The first-order valence-corrected chi connectivity index (χ1v) is 3.32. The molecule has 5 heteroatoms. The summed E-state index contributed by atoms with van der Waals surface area (Å²) in [7, 11) is 1.40. The summed E-state index contributed by atoms with van der Waals surface area (Å²) in [5.74, 6) is -0.799. The third kappa shape index (κ3) is 2.26. The lowest BCUT2D eigenvalue weighted by Gasteiger charge is -2.05. The second-order valence-corrected chi connectivity index (χ2v) is 2.23. The topological polar surface area (TPSA) is 72.5 Å². The Morgan fingerprint density at radius 3 is 2.54 bits per heavy atom. The number of nitrogens with two attached hydrogens (primary N) is 1. The molecule has 1 aromatic rings. The highest BCUT2D eigenvalue weighted by atomic mass is 35.5. The van der Waals surface area contributed by atoms with Crippen LogP contribution in [0, 0.1) is 0 Å². The van der Waals surface area contributed by atoms with Gasteiger partial charge in [0.25, 0.3) is 0 Å². The number of carbonyl (C=O) groups is 1. The van der Waals surface area contributed by atoms with Crippen molar-refractivity contribution in [2.75, 3.05) is 12.8 Å². The molecule has 0 atom stereocenters. The minimum absolute atomic E-state index is 0. The van der Waals surface area contributed by atoms with Crippen LogP contribution in [0.4, 0.5) is 5.69 Å². The smallest absolute Gasteiger partial charge is 0.341 e. The summed E-state index contributed by atoms with van der Waals surface area (Å²) in [6.07, 6.45) is 0. The van der Waals surface area contributed by atoms with E-state index in [-0.39, 0.29) is 29.4 Å². The molecule has 0 aliphatic heterocycles. The van der Waals surface area contributed by atoms with Gasteiger partial charge < -0.3 is 15.6 Å². The van der Waals surface area contributed by atoms with Gasteiger partial charge in [0, 0.05) is 5.69 Å². The number of ether oxygens (including phenoxy) is 1. The Bertz CT molecular complexity index is 314. The molecule has 0 radical (unpaired) electrons. The third-order valence-electron chi connectivity index (χ3n) is 1.49. The lowest BCUT2D eigenvalue weighted by molar-refractivity contribution is 0.0694. The Morgan fingerprint density at radius 2 is 2.15 bits per heavy atom. The van der Waals surface area contributed by atoms with Gasteiger partial charge in [-0.25, -0.2) is 4.79 Å². The molecule has 0 aliphatic carbocycles. The van der Waals surface area contributed by atoms with Crippen molar-refractivity contribution in [2.45, 2.75) is 0 Å². The Labute approximate surface area is 81.7 Å². The minimum Gasteiger partial charge on any atom is -0.496 e. The fourth-order valence-corrected chi connectivity index (χ4v) is 0.947. The number of methoxy groups -OCH3 is 1. The quantitative estimate of drug-likeness (QED) is 0.713. The van der Waals surface area contributed by atoms with Crippen LogP contribution < -0.4 is 10.5 Å². The van der Waals surface area contributed by atoms with Crippen molar-refractivity contribution < 1.29 is 14.6 Å². The number of anilines is 1. The van der Waals surface area contributed by atoms with E-state index in [1.54, 1.807) is 12.1 Å². The zero-order chi connectivity index (χ0) is 9.14. The van der Waals surface area contributed by atoms with E-state index in [1.165, 1.54) is 13.2 Å². The maximum Gasteiger partial charge on any atom is 0.341 e. The van der Waals surface area contributed by atoms with Crippen molar-refractivity contribution in [3.05, 3.63) is 23.8 Å². The van der Waals surface area contributed by atoms with Crippen LogP contribution >= 0.6 is 12.4 Å². The van der Waals surface area contributed by atoms with Gasteiger partial charge in [-0.2, -0.15) is 0 Å². The molecule has 72 valence electrons. The average molecular weight is 204 g/mol. The fraction of sp³-hybridized carbons (Fsp3) is 0.125. The molecule has 1 rings (SSSR count). The van der Waals surface area contributed by atoms with E-state index in [9.17, 15) is 4.79 Å². The molecule has 0 amide bonds. The Hall–Kier alpha value is -1.42. The molecule has 0 aromatic heterocycles. The summed E-state index contributed by atoms with van der Waals surface area (Å²) < 4.78 is 4.83. The van der Waals surface area contributed by atoms with Crippen molar-refractivity contribution in [3.63, 3.8) is 0 Å². The molecule has 1 aromatic carbocycles. The molecular weight excluding hydrogens is 194 g/mol. The van der Waals surface area contributed by atoms with Gasteiger partial charge in [-0.1, -0.05) is 6.07 Å². The Kier molecular flexibility index (Phi) is 4.07. The van der Waals surface area contributed by atoms with E-state index in [4.69, 9.17) is 15.6 Å². The molecule has 3 N–H and O–H groups in total. The molecule has 0 saturated heterocycles. The summed E-state index contributed by atoms with van der Waals surface area (Å²) >= 11 is 0. The van der Waals surface area contributed by atoms with Crippen molar-refractivity contribution in [1.82, 2.24) is 0 Å². The van der Waals surface area contributed by atoms with Crippen molar-refractivity contribution in [3.8, 4) is 5.75 Å². The maximum absolute atomic E-state index is 10.6. The summed E-state index contributed by atoms with van der Waals surface area (Å²) in [5.41, 5.74) is 5.66. The van der Waals surface area contributed by atoms with E-state index in [0.29, 0.717) is 0 Å². The highest BCUT2D eigenvalue weighted by Crippen LogP contribution is 2.23. The van der Waals surface area contributed by atoms with Gasteiger partial charge in [0.05, 0.1) is 7.11 Å². The summed E-state index contributed by atoms with van der Waals surface area (Å²) in [6.45, 7) is 0. The van der Waals surface area contributed by atoms with Gasteiger partial charge in [0.15, 0.2) is 0 Å². The van der Waals surface area contributed by atoms with E-state index in [0.717, 1.165) is 0 Å². The molecule has 0 saturated carbocycles. The second-order valence-electron chi connectivity index (χ2n) is 2.23. The maximum atomic E-state index is 10.6. The zero-order valence-electron chi connectivity index (χ0n) is 6.98. The standard InChI is InChI=1S/C8H9NO3.ClH/c1-12-6-4-2-3-5(9)7(6)8(10)11;/h2-4H,9H2,1H3,(H,10,11);1H. The average Bonchev–Trinajstić information content (AvgIpc) is 2.03. The molecule has 0 bridgehead atoms. The number of nitrogen functional groups attached to an aromatic ring is 1. The van der Waals surface area contributed by atoms with Crippen molar-refractivity contribution in [1.29, 1.82) is 0 Å². The first kappa shape index (κ1) is 11.6. The second kappa shape index (κ2) is 4.57. The number of hydrogen-bond acceptors (Lipinski definition) is 3. The number of benzene rings is 1. The molecular formula is C8H10ClNO3. The van der Waals surface area contributed by atoms with Crippen molar-refractivity contribution in [2.24, 2.45) is 0 Å². The monoisotopic (exact) mass is 203 g/mol. The number of halogens is 1. The first-order chi connectivity index (χ1) is 5.66. The predicted octanol–water partition coefficient (Wildman–Crippen LogP) is 1.40. The molecule has 0 fully saturated rings. The Balaban J connectivity index is 0.00000144. The van der Waals surface area contributed by atoms with Crippen LogP contribution in [0.1, 0.15) is 10.4 Å². The molecule has 13 heavy (non-hydrogen) atoms. The van der Waals surface area contributed by atoms with Gasteiger partial charge >= 0.3 is 5.97 Å². The third-order valence-corrected chi connectivity index (χ3v) is 1.49. The van der Waals surface area contributed by atoms with Crippen molar-refractivity contribution >= 4 is 24.1 Å². The van der Waals surface area contributed by atoms with E-state index < -0.39 is 5.97 Å². The number of rotatable bonds is 2. The van der Waals surface area contributed by atoms with Crippen LogP contribution in [0.5, 0.6) is 5.75 Å². The van der Waals surface area contributed by atoms with E-state index in [1.807, 2.05) is 0 Å². The van der Waals surface area contributed by atoms with Crippen LogP contribution in [0.3, 0.4) is 0 Å². The summed E-state index contributed by atoms with van der Waals surface area (Å²) in [4.78, 5) is 10.6. The first-order valence-electron chi connectivity index (χ1n) is 3.32. The van der Waals surface area contributed by atoms with Gasteiger partial charge in [-0.05, 0) is 12.1 Å². The molecule has 0 heterocycles. The SMILES string of the molecule is COc1cccc(N)c1C(=O)O.Cl. The number of aromatic carboxylic acids is 1. The summed E-state index contributed by atoms with van der Waals surface area (Å²) in [5, 5.41) is 8.72. The summed E-state index contributed by atoms with van der Waals surface area (Å²) in [6, 6.07) is 4.71. The molecule has 0 unspecified atom stereocenters. The fourth-order valence-electron chi connectivity index (χ4n) is 0.947. The number of carboxylic acid groups (broad SMARTS) is 1.